The Morgan fingerprint density at radius 1 is 0.657 bits per heavy atom. The third kappa shape index (κ3) is 13.1. The second kappa shape index (κ2) is 16.8. The van der Waals surface area contributed by atoms with Crippen LogP contribution in [0, 0.1) is 0 Å². The maximum atomic E-state index is 12.0. The smallest absolute Gasteiger partial charge is 0.320 e. The normalized spacial score (nSPS) is 10.8. The van der Waals surface area contributed by atoms with Crippen LogP contribution in [0.3, 0.4) is 0 Å². The van der Waals surface area contributed by atoms with E-state index in [9.17, 15) is 19.2 Å². The Bertz CT molecular complexity index is 748. The molecule has 196 valence electrons. The molecule has 0 fully saturated rings. The molecule has 0 spiro atoms. The van der Waals surface area contributed by atoms with Gasteiger partial charge in [0.1, 0.15) is 0 Å². The monoisotopic (exact) mass is 515 g/mol. The number of nitrogens with zero attached hydrogens (tertiary/aromatic N) is 3. The molecule has 0 unspecified atom stereocenters. The first-order chi connectivity index (χ1) is 16.7. The topological polar surface area (TPSA) is 125 Å². The molecular formula is C23H34ClN3O8. The summed E-state index contributed by atoms with van der Waals surface area (Å²) in [5.74, 6) is -1.97. The average Bonchev–Trinajstić information content (AvgIpc) is 2.73. The van der Waals surface area contributed by atoms with E-state index in [0.29, 0.717) is 16.4 Å². The minimum absolute atomic E-state index is 0.112. The largest absolute Gasteiger partial charge is 0.465 e. The molecule has 35 heavy (non-hydrogen) atoms. The minimum Gasteiger partial charge on any atom is -0.465 e. The Morgan fingerprint density at radius 2 is 0.943 bits per heavy atom. The summed E-state index contributed by atoms with van der Waals surface area (Å²) in [5.41, 5.74) is 0.960. The number of halogens is 1. The van der Waals surface area contributed by atoms with Crippen molar-refractivity contribution in [2.45, 2.75) is 40.8 Å². The molecule has 11 nitrogen and oxygen atoms in total. The van der Waals surface area contributed by atoms with Crippen molar-refractivity contribution in [3.05, 3.63) is 28.5 Å². The summed E-state index contributed by atoms with van der Waals surface area (Å²) in [6.07, 6.45) is 0. The summed E-state index contributed by atoms with van der Waals surface area (Å²) >= 11 is 6.30. The van der Waals surface area contributed by atoms with Gasteiger partial charge in [-0.15, -0.1) is 0 Å². The molecule has 0 N–H and O–H groups in total. The van der Waals surface area contributed by atoms with E-state index in [0.717, 1.165) is 0 Å². The highest BCUT2D eigenvalue weighted by atomic mass is 35.5. The Balaban J connectivity index is 3.06. The Kier molecular flexibility index (Phi) is 14.5. The summed E-state index contributed by atoms with van der Waals surface area (Å²) in [6, 6.07) is 3.21. The molecule has 0 aromatic carbocycles. The summed E-state index contributed by atoms with van der Waals surface area (Å²) in [4.78, 5) is 55.7. The fourth-order valence-corrected chi connectivity index (χ4v) is 3.37. The summed E-state index contributed by atoms with van der Waals surface area (Å²) in [5, 5.41) is 0.365. The van der Waals surface area contributed by atoms with E-state index >= 15 is 0 Å². The van der Waals surface area contributed by atoms with E-state index in [1.807, 2.05) is 0 Å². The molecule has 1 aromatic heterocycles. The summed E-state index contributed by atoms with van der Waals surface area (Å²) in [6.45, 7) is 7.25. The highest BCUT2D eigenvalue weighted by molar-refractivity contribution is 6.30. The van der Waals surface area contributed by atoms with Gasteiger partial charge in [-0.05, 0) is 39.8 Å². The average molecular weight is 516 g/mol. The van der Waals surface area contributed by atoms with Crippen molar-refractivity contribution >= 4 is 35.5 Å². The molecule has 12 heteroatoms. The van der Waals surface area contributed by atoms with E-state index < -0.39 is 23.9 Å². The third-order valence-electron chi connectivity index (χ3n) is 4.30. The quantitative estimate of drug-likeness (QED) is 0.235. The second-order valence-electron chi connectivity index (χ2n) is 7.28. The van der Waals surface area contributed by atoms with E-state index in [2.05, 4.69) is 4.98 Å². The second-order valence-corrected chi connectivity index (χ2v) is 7.71. The number of aromatic nitrogens is 1. The van der Waals surface area contributed by atoms with Crippen molar-refractivity contribution in [2.75, 3.05) is 52.6 Å². The third-order valence-corrected chi connectivity index (χ3v) is 4.52. The van der Waals surface area contributed by atoms with Gasteiger partial charge in [-0.3, -0.25) is 34.0 Å². The molecule has 0 amide bonds. The van der Waals surface area contributed by atoms with Gasteiger partial charge < -0.3 is 18.9 Å². The van der Waals surface area contributed by atoms with Gasteiger partial charge in [0, 0.05) is 18.1 Å². The molecule has 0 saturated heterocycles. The number of hydrogen-bond donors (Lipinski definition) is 0. The van der Waals surface area contributed by atoms with E-state index in [1.165, 1.54) is 9.80 Å². The Labute approximate surface area is 210 Å². The lowest BCUT2D eigenvalue weighted by Gasteiger charge is -2.22. The van der Waals surface area contributed by atoms with Gasteiger partial charge in [0.25, 0.3) is 0 Å². The number of carbonyl (C=O) groups excluding carboxylic acids is 4. The van der Waals surface area contributed by atoms with Crippen molar-refractivity contribution in [2.24, 2.45) is 0 Å². The number of carbonyl (C=O) groups is 4. The van der Waals surface area contributed by atoms with Gasteiger partial charge in [0.2, 0.25) is 0 Å². The molecule has 0 aliphatic rings. The molecule has 1 heterocycles. The van der Waals surface area contributed by atoms with Crippen molar-refractivity contribution in [1.29, 1.82) is 0 Å². The molecule has 0 aliphatic heterocycles. The van der Waals surface area contributed by atoms with Crippen LogP contribution < -0.4 is 0 Å². The Morgan fingerprint density at radius 3 is 1.20 bits per heavy atom. The van der Waals surface area contributed by atoms with Crippen molar-refractivity contribution in [3.63, 3.8) is 0 Å². The summed E-state index contributed by atoms with van der Waals surface area (Å²) < 4.78 is 20.0. The minimum atomic E-state index is -0.492. The highest BCUT2D eigenvalue weighted by Gasteiger charge is 2.20. The van der Waals surface area contributed by atoms with Crippen LogP contribution >= 0.6 is 11.6 Å². The zero-order chi connectivity index (χ0) is 26.2. The van der Waals surface area contributed by atoms with Gasteiger partial charge in [-0.1, -0.05) is 11.6 Å². The zero-order valence-corrected chi connectivity index (χ0v) is 21.5. The first-order valence-electron chi connectivity index (χ1n) is 11.4. The predicted octanol–water partition coefficient (Wildman–Crippen LogP) is 1.59. The van der Waals surface area contributed by atoms with Crippen LogP contribution in [-0.4, -0.2) is 91.3 Å². The standard InChI is InChI=1S/C23H34ClN3O8/c1-5-32-20(28)13-26(14-21(29)33-6-2)11-18-9-17(24)10-19(25-18)12-27(15-22(30)34-7-3)16-23(31)35-8-4/h9-10H,5-8,11-16H2,1-4H3. The van der Waals surface area contributed by atoms with E-state index in [-0.39, 0.29) is 65.7 Å². The van der Waals surface area contributed by atoms with Crippen LogP contribution in [0.15, 0.2) is 12.1 Å². The Hall–Kier alpha value is -2.76. The molecule has 0 saturated carbocycles. The van der Waals surface area contributed by atoms with Crippen LogP contribution in [-0.2, 0) is 51.2 Å². The van der Waals surface area contributed by atoms with Crippen LogP contribution in [0.5, 0.6) is 0 Å². The molecule has 0 radical (unpaired) electrons. The molecule has 1 aromatic rings. The molecule has 1 rings (SSSR count). The number of esters is 4. The zero-order valence-electron chi connectivity index (χ0n) is 20.7. The first kappa shape index (κ1) is 30.3. The maximum absolute atomic E-state index is 12.0. The van der Waals surface area contributed by atoms with Crippen molar-refractivity contribution < 1.29 is 38.1 Å². The van der Waals surface area contributed by atoms with Gasteiger partial charge >= 0.3 is 23.9 Å². The fourth-order valence-electron chi connectivity index (χ4n) is 3.12. The molecular weight excluding hydrogens is 482 g/mol. The SMILES string of the molecule is CCOC(=O)CN(CC(=O)OCC)Cc1cc(Cl)cc(CN(CC(=O)OCC)CC(=O)OCC)n1. The highest BCUT2D eigenvalue weighted by Crippen LogP contribution is 2.16. The van der Waals surface area contributed by atoms with Crippen LogP contribution in [0.4, 0.5) is 0 Å². The van der Waals surface area contributed by atoms with Gasteiger partial charge in [-0.2, -0.15) is 0 Å². The molecule has 0 aliphatic carbocycles. The molecule has 0 atom stereocenters. The van der Waals surface area contributed by atoms with E-state index in [1.54, 1.807) is 39.8 Å². The lowest BCUT2D eigenvalue weighted by molar-refractivity contribution is -0.150. The number of pyridine rings is 1. The van der Waals surface area contributed by atoms with Gasteiger partial charge in [-0.25, -0.2) is 0 Å². The van der Waals surface area contributed by atoms with E-state index in [4.69, 9.17) is 30.5 Å². The van der Waals surface area contributed by atoms with Crippen molar-refractivity contribution in [3.8, 4) is 0 Å². The number of rotatable bonds is 16. The summed E-state index contributed by atoms with van der Waals surface area (Å²) in [7, 11) is 0. The van der Waals surface area contributed by atoms with Gasteiger partial charge in [0.05, 0.1) is 64.0 Å². The number of hydrogen-bond acceptors (Lipinski definition) is 11. The molecule has 0 bridgehead atoms. The maximum Gasteiger partial charge on any atom is 0.320 e. The van der Waals surface area contributed by atoms with Crippen molar-refractivity contribution in [1.82, 2.24) is 14.8 Å². The van der Waals surface area contributed by atoms with Crippen LogP contribution in [0.1, 0.15) is 39.1 Å². The lowest BCUT2D eigenvalue weighted by atomic mass is 10.2. The lowest BCUT2D eigenvalue weighted by Crippen LogP contribution is -2.37. The predicted molar refractivity (Wildman–Crippen MR) is 126 cm³/mol. The first-order valence-corrected chi connectivity index (χ1v) is 11.8. The van der Waals surface area contributed by atoms with Gasteiger partial charge in [0.15, 0.2) is 0 Å². The van der Waals surface area contributed by atoms with Crippen LogP contribution in [0.25, 0.3) is 0 Å². The fraction of sp³-hybridized carbons (Fsp3) is 0.609. The number of ether oxygens (including phenoxy) is 4. The van der Waals surface area contributed by atoms with Crippen LogP contribution in [0.2, 0.25) is 5.02 Å².